The number of nitrogens with one attached hydrogen (secondary N) is 3. The highest BCUT2D eigenvalue weighted by Crippen LogP contribution is 2.48. The van der Waals surface area contributed by atoms with Crippen LogP contribution in [-0.2, 0) is 19.7 Å². The minimum atomic E-state index is -0.700. The van der Waals surface area contributed by atoms with E-state index in [4.69, 9.17) is 9.72 Å². The number of aromatic nitrogens is 3. The summed E-state index contributed by atoms with van der Waals surface area (Å²) in [6.45, 7) is 26.0. The van der Waals surface area contributed by atoms with Crippen molar-refractivity contribution in [2.24, 2.45) is 5.92 Å². The Balaban J connectivity index is 1.12. The number of imidazole rings is 1. The van der Waals surface area contributed by atoms with E-state index in [1.807, 2.05) is 36.9 Å². The lowest BCUT2D eigenvalue weighted by Crippen LogP contribution is -2.51. The maximum atomic E-state index is 14.9. The lowest BCUT2D eigenvalue weighted by molar-refractivity contribution is -0.139. The van der Waals surface area contributed by atoms with Gasteiger partial charge < -0.3 is 34.7 Å². The second kappa shape index (κ2) is 21.5. The van der Waals surface area contributed by atoms with Gasteiger partial charge in [-0.15, -0.1) is 6.58 Å². The molecule has 2 aliphatic rings. The fraction of sp³-hybridized carbons (Fsp3) is 0.458. The van der Waals surface area contributed by atoms with Crippen LogP contribution in [0.3, 0.4) is 0 Å². The van der Waals surface area contributed by atoms with Crippen LogP contribution in [0.5, 0.6) is 0 Å². The number of ether oxygens (including phenoxy) is 1. The monoisotopic (exact) mass is 961 g/mol. The Morgan fingerprint density at radius 1 is 0.831 bits per heavy atom. The maximum Gasteiger partial charge on any atom is 0.407 e. The molecule has 0 saturated carbocycles. The van der Waals surface area contributed by atoms with Crippen LogP contribution < -0.4 is 10.2 Å². The molecule has 3 N–H and O–H groups in total. The number of anilines is 1. The van der Waals surface area contributed by atoms with Gasteiger partial charge in [-0.3, -0.25) is 14.5 Å². The Bertz CT molecular complexity index is 2820. The van der Waals surface area contributed by atoms with E-state index in [2.05, 4.69) is 164 Å². The topological polar surface area (TPSA) is 130 Å². The van der Waals surface area contributed by atoms with Crippen LogP contribution in [0.15, 0.2) is 109 Å². The first-order valence-corrected chi connectivity index (χ1v) is 25.9. The summed E-state index contributed by atoms with van der Waals surface area (Å²) in [5.41, 5.74) is 10.8. The number of likely N-dealkylation sites (tertiary alicyclic amines) is 1. The number of aromatic amines is 2. The zero-order valence-corrected chi connectivity index (χ0v) is 43.7. The summed E-state index contributed by atoms with van der Waals surface area (Å²) in [6, 6.07) is 33.6. The molecule has 0 bridgehead atoms. The molecule has 2 saturated heterocycles. The predicted octanol–water partition coefficient (Wildman–Crippen LogP) is 12.4. The molecule has 12 nitrogen and oxygen atoms in total. The van der Waals surface area contributed by atoms with Gasteiger partial charge in [-0.1, -0.05) is 109 Å². The number of H-pyrrole nitrogens is 2. The Labute approximate surface area is 421 Å². The second-order valence-electron chi connectivity index (χ2n) is 21.2. The number of rotatable bonds is 17. The molecule has 6 aromatic rings. The normalized spacial score (nSPS) is 18.6. The lowest BCUT2D eigenvalue weighted by Gasteiger charge is -2.37. The van der Waals surface area contributed by atoms with Gasteiger partial charge in [-0.2, -0.15) is 0 Å². The Kier molecular flexibility index (Phi) is 15.5. The molecule has 71 heavy (non-hydrogen) atoms. The maximum absolute atomic E-state index is 14.9. The molecule has 8 rings (SSSR count). The number of hydrogen-bond donors (Lipinski definition) is 3. The van der Waals surface area contributed by atoms with Crippen LogP contribution in [0, 0.1) is 5.92 Å². The van der Waals surface area contributed by atoms with E-state index < -0.39 is 18.2 Å². The molecule has 12 heteroatoms. The third-order valence-corrected chi connectivity index (χ3v) is 15.0. The largest absolute Gasteiger partial charge is 0.453 e. The second-order valence-corrected chi connectivity index (χ2v) is 21.2. The molecule has 0 spiro atoms. The van der Waals surface area contributed by atoms with Crippen LogP contribution in [0.4, 0.5) is 10.5 Å². The van der Waals surface area contributed by atoms with Crippen LogP contribution in [0.25, 0.3) is 21.9 Å². The number of methoxy groups -OCH3 is 1. The highest BCUT2D eigenvalue weighted by molar-refractivity contribution is 5.87. The number of alkyl carbamates (subject to hydrolysis) is 1. The van der Waals surface area contributed by atoms with Gasteiger partial charge in [-0.25, -0.2) is 9.78 Å². The third-order valence-electron chi connectivity index (χ3n) is 15.0. The number of hydrogen-bond acceptors (Lipinski definition) is 7. The van der Waals surface area contributed by atoms with Crippen molar-refractivity contribution < 1.29 is 19.1 Å². The lowest BCUT2D eigenvalue weighted by atomic mass is 9.87. The Morgan fingerprint density at radius 3 is 2.13 bits per heavy atom. The minimum Gasteiger partial charge on any atom is -0.453 e. The number of likely N-dealkylation sites (N-methyl/N-ethyl adjacent to an activating group) is 2. The minimum absolute atomic E-state index is 0.0175. The molecule has 376 valence electrons. The Morgan fingerprint density at radius 2 is 1.51 bits per heavy atom. The van der Waals surface area contributed by atoms with Crippen LogP contribution in [0.1, 0.15) is 158 Å². The highest BCUT2D eigenvalue weighted by Gasteiger charge is 2.40. The van der Waals surface area contributed by atoms with Crippen molar-refractivity contribution >= 4 is 45.5 Å². The van der Waals surface area contributed by atoms with E-state index in [1.165, 1.54) is 29.5 Å². The molecule has 4 heterocycles. The zero-order chi connectivity index (χ0) is 50.7. The molecule has 0 radical (unpaired) electrons. The van der Waals surface area contributed by atoms with E-state index in [-0.39, 0.29) is 47.3 Å². The number of fused-ring (bicyclic) bond motifs is 2. The Hall–Kier alpha value is -6.40. The number of benzene rings is 4. The molecule has 2 fully saturated rings. The summed E-state index contributed by atoms with van der Waals surface area (Å²) in [5, 5.41) is 3.88. The smallest absolute Gasteiger partial charge is 0.407 e. The van der Waals surface area contributed by atoms with Crippen LogP contribution in [-0.4, -0.2) is 86.9 Å². The molecule has 3 amide bonds. The average molecular weight is 961 g/mol. The number of amides is 3. The van der Waals surface area contributed by atoms with Gasteiger partial charge in [0.25, 0.3) is 0 Å². The fourth-order valence-electron chi connectivity index (χ4n) is 11.3. The van der Waals surface area contributed by atoms with Gasteiger partial charge in [-0.05, 0) is 135 Å². The molecular formula is C59H76N8O4. The first kappa shape index (κ1) is 51.0. The number of nitrogens with zero attached hydrogens (tertiary/aromatic N) is 5. The third kappa shape index (κ3) is 10.6. The molecule has 6 atom stereocenters. The number of carbonyl (C=O) groups excluding carboxylic acids is 3. The average Bonchev–Trinajstić information content (AvgIpc) is 4.19. The van der Waals surface area contributed by atoms with E-state index in [0.717, 1.165) is 83.4 Å². The van der Waals surface area contributed by atoms with Gasteiger partial charge in [0.2, 0.25) is 11.8 Å². The van der Waals surface area contributed by atoms with Gasteiger partial charge >= 0.3 is 6.09 Å². The van der Waals surface area contributed by atoms with E-state index in [9.17, 15) is 14.4 Å². The molecule has 0 aliphatic carbocycles. The highest BCUT2D eigenvalue weighted by atomic mass is 16.5. The molecule has 2 aromatic heterocycles. The van der Waals surface area contributed by atoms with Gasteiger partial charge in [0.1, 0.15) is 17.9 Å². The fourth-order valence-corrected chi connectivity index (χ4v) is 11.3. The molecule has 4 aromatic carbocycles. The molecular weight excluding hydrogens is 885 g/mol. The zero-order valence-electron chi connectivity index (χ0n) is 43.7. The molecule has 6 unspecified atom stereocenters. The van der Waals surface area contributed by atoms with Crippen molar-refractivity contribution in [1.29, 1.82) is 0 Å². The first-order chi connectivity index (χ1) is 34.0. The van der Waals surface area contributed by atoms with Crippen molar-refractivity contribution in [3.05, 3.63) is 143 Å². The molecule has 2 aliphatic heterocycles. The summed E-state index contributed by atoms with van der Waals surface area (Å²) in [6.07, 6.45) is 3.57. The predicted molar refractivity (Wildman–Crippen MR) is 286 cm³/mol. The standard InChI is InChI=1S/C59H76N8O4/c1-12-64(13-2)54(39-19-16-15-17-20-39)57(69)65(14-3)52(33-37(4)5)48-36-42-34-40(22-28-45(42)60-48)49-30-31-50(67(49)44-26-24-43(25-27-44)59(8,9)10)41-23-29-46-47(35-41)62-55(61-46)51-21-18-32-66(51)56(68)53(38(6)7)63-58(70)71-11/h15-17,19-20,22-29,34-36,38,49-54,60H,4,12-14,18,21,30-33H2,1-3,5-11H3,(H,61,62)(H,63,70). The van der Waals surface area contributed by atoms with Gasteiger partial charge in [0.15, 0.2) is 0 Å². The first-order valence-electron chi connectivity index (χ1n) is 25.9. The van der Waals surface area contributed by atoms with Crippen molar-refractivity contribution in [3.63, 3.8) is 0 Å². The quantitative estimate of drug-likeness (QED) is 0.0776. The summed E-state index contributed by atoms with van der Waals surface area (Å²) in [7, 11) is 1.31. The van der Waals surface area contributed by atoms with E-state index >= 15 is 0 Å². The number of carbonyl (C=O) groups is 3. The van der Waals surface area contributed by atoms with Crippen molar-refractivity contribution in [2.75, 3.05) is 38.2 Å². The summed E-state index contributed by atoms with van der Waals surface area (Å²) < 4.78 is 4.86. The SMILES string of the molecule is C=C(C)CC(c1cc2cc(C3CCC(c4ccc5nc(C6CCCN6C(=O)C(NC(=O)OC)C(C)C)[nH]c5c4)N3c3ccc(C(C)(C)C)cc3)ccc2[nH]1)N(CC)C(=O)C(c1ccccc1)N(CC)CC. The summed E-state index contributed by atoms with van der Waals surface area (Å²) >= 11 is 0. The summed E-state index contributed by atoms with van der Waals surface area (Å²) in [4.78, 5) is 62.4. The van der Waals surface area contributed by atoms with Crippen LogP contribution in [0.2, 0.25) is 0 Å². The van der Waals surface area contributed by atoms with E-state index in [1.54, 1.807) is 0 Å². The van der Waals surface area contributed by atoms with Gasteiger partial charge in [0.05, 0.1) is 42.3 Å². The van der Waals surface area contributed by atoms with Crippen molar-refractivity contribution in [2.45, 2.75) is 136 Å². The van der Waals surface area contributed by atoms with Crippen molar-refractivity contribution in [3.8, 4) is 0 Å². The van der Waals surface area contributed by atoms with Crippen LogP contribution >= 0.6 is 0 Å². The van der Waals surface area contributed by atoms with Crippen molar-refractivity contribution in [1.82, 2.24) is 35.0 Å². The van der Waals surface area contributed by atoms with Gasteiger partial charge in [0, 0.05) is 35.4 Å². The van der Waals surface area contributed by atoms with E-state index in [0.29, 0.717) is 19.5 Å². The summed E-state index contributed by atoms with van der Waals surface area (Å²) in [5.74, 6) is 0.623.